The van der Waals surface area contributed by atoms with Crippen molar-refractivity contribution >= 4 is 24.2 Å². The molecule has 140 valence electrons. The van der Waals surface area contributed by atoms with E-state index in [2.05, 4.69) is 66.7 Å². The van der Waals surface area contributed by atoms with Crippen LogP contribution in [0.25, 0.3) is 0 Å². The standard InChI is InChI=1S/C23H25N2P.Ru/c24-21-17-18-9-7-8-14-22(18)25-23(21)15-16-26(19-10-3-1-4-11-19)20-12-5-2-6-13-20;/h1-6,10-13,17H,7-9,14-16,24H2;. The van der Waals surface area contributed by atoms with Gasteiger partial charge in [-0.25, -0.2) is 0 Å². The van der Waals surface area contributed by atoms with Crippen LogP contribution in [-0.2, 0) is 38.7 Å². The Labute approximate surface area is 176 Å². The second-order valence-corrected chi connectivity index (χ2v) is 9.25. The van der Waals surface area contributed by atoms with E-state index in [0.717, 1.165) is 36.8 Å². The van der Waals surface area contributed by atoms with Crippen molar-refractivity contribution in [3.05, 3.63) is 83.7 Å². The van der Waals surface area contributed by atoms with Gasteiger partial charge in [-0.3, -0.25) is 4.98 Å². The molecule has 1 aliphatic carbocycles. The third-order valence-corrected chi connectivity index (χ3v) is 7.63. The van der Waals surface area contributed by atoms with Gasteiger partial charge in [0.2, 0.25) is 0 Å². The fourth-order valence-corrected chi connectivity index (χ4v) is 6.05. The van der Waals surface area contributed by atoms with E-state index in [1.54, 1.807) is 0 Å². The molecule has 4 rings (SSSR count). The smallest absolute Gasteiger partial charge is 0.0639 e. The second-order valence-electron chi connectivity index (χ2n) is 6.91. The summed E-state index contributed by atoms with van der Waals surface area (Å²) in [5, 5.41) is 2.84. The van der Waals surface area contributed by atoms with Gasteiger partial charge in [0, 0.05) is 25.2 Å². The van der Waals surface area contributed by atoms with Gasteiger partial charge in [-0.1, -0.05) is 60.7 Å². The van der Waals surface area contributed by atoms with E-state index in [9.17, 15) is 0 Å². The first kappa shape index (κ1) is 20.2. The van der Waals surface area contributed by atoms with E-state index in [4.69, 9.17) is 10.7 Å². The molecule has 3 aromatic rings. The molecule has 2 N–H and O–H groups in total. The molecule has 0 bridgehead atoms. The minimum Gasteiger partial charge on any atom is -0.397 e. The number of hydrogen-bond donors (Lipinski definition) is 1. The van der Waals surface area contributed by atoms with E-state index in [1.807, 2.05) is 0 Å². The van der Waals surface area contributed by atoms with Crippen molar-refractivity contribution in [3.8, 4) is 0 Å². The number of nitrogens with two attached hydrogens (primary N) is 1. The number of aryl methyl sites for hydroxylation is 3. The zero-order chi connectivity index (χ0) is 17.8. The van der Waals surface area contributed by atoms with Crippen LogP contribution in [0.3, 0.4) is 0 Å². The summed E-state index contributed by atoms with van der Waals surface area (Å²) in [5.41, 5.74) is 11.0. The molecule has 0 radical (unpaired) electrons. The van der Waals surface area contributed by atoms with Gasteiger partial charge < -0.3 is 5.73 Å². The summed E-state index contributed by atoms with van der Waals surface area (Å²) in [4.78, 5) is 4.96. The Balaban J connectivity index is 0.00000210. The first-order valence-electron chi connectivity index (χ1n) is 9.46. The van der Waals surface area contributed by atoms with Crippen LogP contribution in [0.4, 0.5) is 5.69 Å². The number of nitrogens with zero attached hydrogens (tertiary/aromatic N) is 1. The summed E-state index contributed by atoms with van der Waals surface area (Å²) in [6.45, 7) is 0. The summed E-state index contributed by atoms with van der Waals surface area (Å²) >= 11 is 0. The van der Waals surface area contributed by atoms with Gasteiger partial charge in [0.25, 0.3) is 0 Å². The molecule has 0 fully saturated rings. The molecule has 0 saturated heterocycles. The predicted molar refractivity (Wildman–Crippen MR) is 113 cm³/mol. The molecule has 0 aliphatic heterocycles. The summed E-state index contributed by atoms with van der Waals surface area (Å²) in [7, 11) is -0.394. The van der Waals surface area contributed by atoms with Crippen LogP contribution in [0.5, 0.6) is 0 Å². The third kappa shape index (κ3) is 4.84. The van der Waals surface area contributed by atoms with E-state index in [-0.39, 0.29) is 19.5 Å². The zero-order valence-electron chi connectivity index (χ0n) is 15.4. The first-order valence-corrected chi connectivity index (χ1v) is 11.0. The maximum absolute atomic E-state index is 6.35. The molecule has 2 aromatic carbocycles. The maximum Gasteiger partial charge on any atom is 0.0639 e. The normalized spacial score (nSPS) is 13.1. The third-order valence-electron chi connectivity index (χ3n) is 5.12. The van der Waals surface area contributed by atoms with Crippen molar-refractivity contribution in [1.29, 1.82) is 0 Å². The molecule has 4 heteroatoms. The minimum absolute atomic E-state index is 0. The van der Waals surface area contributed by atoms with Crippen molar-refractivity contribution in [2.45, 2.75) is 32.1 Å². The molecule has 0 atom stereocenters. The minimum atomic E-state index is -0.394. The Morgan fingerprint density at radius 3 is 2.07 bits per heavy atom. The second kappa shape index (κ2) is 9.58. The van der Waals surface area contributed by atoms with Gasteiger partial charge in [-0.2, -0.15) is 0 Å². The molecule has 1 aromatic heterocycles. The maximum atomic E-state index is 6.35. The Hall–Kier alpha value is -1.56. The molecule has 0 unspecified atom stereocenters. The number of nitrogen functional groups attached to an aromatic ring is 1. The van der Waals surface area contributed by atoms with Crippen LogP contribution < -0.4 is 16.3 Å². The van der Waals surface area contributed by atoms with Crippen LogP contribution in [-0.4, -0.2) is 11.1 Å². The van der Waals surface area contributed by atoms with Gasteiger partial charge in [0.15, 0.2) is 0 Å². The van der Waals surface area contributed by atoms with E-state index in [1.165, 1.54) is 34.7 Å². The largest absolute Gasteiger partial charge is 0.397 e. The zero-order valence-corrected chi connectivity index (χ0v) is 18.1. The van der Waals surface area contributed by atoms with Crippen LogP contribution in [0.1, 0.15) is 29.8 Å². The van der Waals surface area contributed by atoms with Gasteiger partial charge in [0.05, 0.1) is 11.4 Å². The van der Waals surface area contributed by atoms with Crippen LogP contribution in [0, 0.1) is 0 Å². The molecule has 1 heterocycles. The van der Waals surface area contributed by atoms with Crippen LogP contribution >= 0.6 is 7.92 Å². The van der Waals surface area contributed by atoms with Crippen molar-refractivity contribution in [2.75, 3.05) is 11.9 Å². The molecule has 0 amide bonds. The Morgan fingerprint density at radius 1 is 0.852 bits per heavy atom. The topological polar surface area (TPSA) is 38.9 Å². The number of aromatic nitrogens is 1. The molecule has 0 spiro atoms. The fourth-order valence-electron chi connectivity index (χ4n) is 3.74. The summed E-state index contributed by atoms with van der Waals surface area (Å²) in [6, 6.07) is 23.9. The number of hydrogen-bond acceptors (Lipinski definition) is 2. The molecule has 2 nitrogen and oxygen atoms in total. The molecular weight excluding hydrogens is 436 g/mol. The average molecular weight is 462 g/mol. The predicted octanol–water partition coefficient (Wildman–Crippen LogP) is 4.22. The summed E-state index contributed by atoms with van der Waals surface area (Å²) in [6.07, 6.45) is 6.78. The first-order chi connectivity index (χ1) is 12.8. The number of fused-ring (bicyclic) bond motifs is 1. The SMILES string of the molecule is Nc1cc2c(nc1CCP(c1ccccc1)c1ccccc1)CCCC2.[Ru]. The Morgan fingerprint density at radius 2 is 1.44 bits per heavy atom. The molecule has 27 heavy (non-hydrogen) atoms. The number of anilines is 1. The van der Waals surface area contributed by atoms with E-state index >= 15 is 0 Å². The van der Waals surface area contributed by atoms with Crippen LogP contribution in [0.15, 0.2) is 66.7 Å². The van der Waals surface area contributed by atoms with Crippen LogP contribution in [0.2, 0.25) is 0 Å². The van der Waals surface area contributed by atoms with E-state index < -0.39 is 7.92 Å². The quantitative estimate of drug-likeness (QED) is 0.457. The summed E-state index contributed by atoms with van der Waals surface area (Å²) < 4.78 is 0. The van der Waals surface area contributed by atoms with Gasteiger partial charge in [-0.05, 0) is 68.4 Å². The van der Waals surface area contributed by atoms with Gasteiger partial charge >= 0.3 is 0 Å². The molecule has 0 saturated carbocycles. The number of pyridine rings is 1. The van der Waals surface area contributed by atoms with Crippen molar-refractivity contribution < 1.29 is 19.5 Å². The summed E-state index contributed by atoms with van der Waals surface area (Å²) in [5.74, 6) is 0. The Bertz CT molecular complexity index is 829. The molecule has 1 aliphatic rings. The fraction of sp³-hybridized carbons (Fsp3) is 0.261. The Kier molecular flexibility index (Phi) is 7.16. The number of benzene rings is 2. The van der Waals surface area contributed by atoms with Gasteiger partial charge in [-0.15, -0.1) is 0 Å². The van der Waals surface area contributed by atoms with Crippen molar-refractivity contribution in [2.24, 2.45) is 0 Å². The number of rotatable bonds is 5. The van der Waals surface area contributed by atoms with Crippen molar-refractivity contribution in [1.82, 2.24) is 4.98 Å². The average Bonchev–Trinajstić information content (AvgIpc) is 2.70. The molecular formula is C23H25N2PRu. The monoisotopic (exact) mass is 462 g/mol. The van der Waals surface area contributed by atoms with Gasteiger partial charge in [0.1, 0.15) is 0 Å². The van der Waals surface area contributed by atoms with E-state index in [0.29, 0.717) is 0 Å². The van der Waals surface area contributed by atoms with Crippen molar-refractivity contribution in [3.63, 3.8) is 0 Å².